The van der Waals surface area contributed by atoms with Crippen LogP contribution < -0.4 is 5.32 Å². The molecule has 0 aliphatic rings. The molecule has 0 radical (unpaired) electrons. The van der Waals surface area contributed by atoms with Gasteiger partial charge in [0.05, 0.1) is 16.6 Å². The third-order valence-corrected chi connectivity index (χ3v) is 3.20. The number of carbonyl (C=O) groups excluding carboxylic acids is 1. The highest BCUT2D eigenvalue weighted by molar-refractivity contribution is 5.94. The van der Waals surface area contributed by atoms with Gasteiger partial charge in [0.1, 0.15) is 11.6 Å². The lowest BCUT2D eigenvalue weighted by Gasteiger charge is -2.04. The van der Waals surface area contributed by atoms with E-state index in [0.717, 1.165) is 16.9 Å². The van der Waals surface area contributed by atoms with E-state index < -0.39 is 11.7 Å². The predicted molar refractivity (Wildman–Crippen MR) is 78.5 cm³/mol. The molecule has 2 aromatic carbocycles. The van der Waals surface area contributed by atoms with E-state index in [9.17, 15) is 9.18 Å². The Balaban J connectivity index is 1.61. The van der Waals surface area contributed by atoms with Crippen molar-refractivity contribution < 1.29 is 9.18 Å². The summed E-state index contributed by atoms with van der Waals surface area (Å²) < 4.78 is 13.5. The number of para-hydroxylation sites is 2. The molecular formula is C16H14FN3O. The van der Waals surface area contributed by atoms with E-state index in [2.05, 4.69) is 15.3 Å². The molecule has 0 unspecified atom stereocenters. The zero-order valence-corrected chi connectivity index (χ0v) is 11.3. The number of nitrogens with one attached hydrogen (secondary N) is 2. The number of hydrogen-bond donors (Lipinski definition) is 2. The van der Waals surface area contributed by atoms with E-state index in [4.69, 9.17) is 0 Å². The molecule has 106 valence electrons. The molecule has 5 heteroatoms. The van der Waals surface area contributed by atoms with Crippen molar-refractivity contribution in [2.75, 3.05) is 6.54 Å². The van der Waals surface area contributed by atoms with Gasteiger partial charge in [-0.2, -0.15) is 0 Å². The lowest BCUT2D eigenvalue weighted by atomic mass is 10.2. The fourth-order valence-electron chi connectivity index (χ4n) is 2.16. The maximum atomic E-state index is 13.5. The molecule has 3 aromatic rings. The summed E-state index contributed by atoms with van der Waals surface area (Å²) >= 11 is 0. The molecule has 0 fully saturated rings. The quantitative estimate of drug-likeness (QED) is 0.773. The number of aromatic amines is 1. The molecule has 0 spiro atoms. The number of H-pyrrole nitrogens is 1. The lowest BCUT2D eigenvalue weighted by Crippen LogP contribution is -2.26. The van der Waals surface area contributed by atoms with Crippen LogP contribution in [-0.4, -0.2) is 22.4 Å². The Morgan fingerprint density at radius 1 is 1.14 bits per heavy atom. The number of rotatable bonds is 4. The van der Waals surface area contributed by atoms with Crippen LogP contribution in [0.4, 0.5) is 4.39 Å². The van der Waals surface area contributed by atoms with Gasteiger partial charge in [0.15, 0.2) is 0 Å². The van der Waals surface area contributed by atoms with Crippen molar-refractivity contribution >= 4 is 16.9 Å². The first-order chi connectivity index (χ1) is 10.2. The van der Waals surface area contributed by atoms with Crippen LogP contribution in [0.5, 0.6) is 0 Å². The normalized spacial score (nSPS) is 10.7. The summed E-state index contributed by atoms with van der Waals surface area (Å²) in [5.41, 5.74) is 1.92. The van der Waals surface area contributed by atoms with Crippen LogP contribution in [0.1, 0.15) is 16.2 Å². The SMILES string of the molecule is O=C(NCCc1nc2ccccc2[nH]1)c1ccccc1F. The molecule has 0 aliphatic carbocycles. The van der Waals surface area contributed by atoms with Gasteiger partial charge < -0.3 is 10.3 Å². The molecule has 3 rings (SSSR count). The van der Waals surface area contributed by atoms with Crippen molar-refractivity contribution in [3.63, 3.8) is 0 Å². The zero-order chi connectivity index (χ0) is 14.7. The second-order valence-electron chi connectivity index (χ2n) is 4.69. The summed E-state index contributed by atoms with van der Waals surface area (Å²) in [4.78, 5) is 19.4. The van der Waals surface area contributed by atoms with E-state index in [1.165, 1.54) is 12.1 Å². The van der Waals surface area contributed by atoms with Crippen LogP contribution in [0.3, 0.4) is 0 Å². The van der Waals surface area contributed by atoms with E-state index in [-0.39, 0.29) is 5.56 Å². The van der Waals surface area contributed by atoms with E-state index in [1.54, 1.807) is 12.1 Å². The van der Waals surface area contributed by atoms with Crippen molar-refractivity contribution in [3.05, 3.63) is 65.7 Å². The van der Waals surface area contributed by atoms with Gasteiger partial charge in [-0.1, -0.05) is 24.3 Å². The Hall–Kier alpha value is -2.69. The smallest absolute Gasteiger partial charge is 0.254 e. The van der Waals surface area contributed by atoms with E-state index in [1.807, 2.05) is 24.3 Å². The van der Waals surface area contributed by atoms with Gasteiger partial charge in [0.2, 0.25) is 0 Å². The minimum absolute atomic E-state index is 0.0575. The fourth-order valence-corrected chi connectivity index (χ4v) is 2.16. The summed E-state index contributed by atoms with van der Waals surface area (Å²) in [6, 6.07) is 13.7. The number of fused-ring (bicyclic) bond motifs is 1. The van der Waals surface area contributed by atoms with Gasteiger partial charge in [0, 0.05) is 13.0 Å². The molecule has 0 saturated carbocycles. The van der Waals surface area contributed by atoms with Crippen LogP contribution in [0.2, 0.25) is 0 Å². The number of benzene rings is 2. The van der Waals surface area contributed by atoms with Crippen molar-refractivity contribution in [1.29, 1.82) is 0 Å². The molecule has 1 heterocycles. The summed E-state index contributed by atoms with van der Waals surface area (Å²) in [6.07, 6.45) is 0.564. The third kappa shape index (κ3) is 2.91. The molecule has 4 nitrogen and oxygen atoms in total. The van der Waals surface area contributed by atoms with Gasteiger partial charge >= 0.3 is 0 Å². The molecule has 0 saturated heterocycles. The summed E-state index contributed by atoms with van der Waals surface area (Å²) in [5.74, 6) is -0.131. The number of imidazole rings is 1. The van der Waals surface area contributed by atoms with Gasteiger partial charge in [0.25, 0.3) is 5.91 Å². The van der Waals surface area contributed by atoms with Crippen LogP contribution >= 0.6 is 0 Å². The number of nitrogens with zero attached hydrogens (tertiary/aromatic N) is 1. The van der Waals surface area contributed by atoms with E-state index in [0.29, 0.717) is 13.0 Å². The Morgan fingerprint density at radius 3 is 2.71 bits per heavy atom. The minimum atomic E-state index is -0.515. The predicted octanol–water partition coefficient (Wildman–Crippen LogP) is 2.67. The standard InChI is InChI=1S/C16H14FN3O/c17-12-6-2-1-5-11(12)16(21)18-10-9-15-19-13-7-3-4-8-14(13)20-15/h1-8H,9-10H2,(H,18,21)(H,19,20). The molecule has 1 amide bonds. The average Bonchev–Trinajstić information content (AvgIpc) is 2.90. The van der Waals surface area contributed by atoms with Gasteiger partial charge in [-0.25, -0.2) is 9.37 Å². The fraction of sp³-hybridized carbons (Fsp3) is 0.125. The van der Waals surface area contributed by atoms with Crippen LogP contribution in [0.15, 0.2) is 48.5 Å². The highest BCUT2D eigenvalue weighted by Crippen LogP contribution is 2.10. The maximum absolute atomic E-state index is 13.5. The summed E-state index contributed by atoms with van der Waals surface area (Å²) in [7, 11) is 0. The zero-order valence-electron chi connectivity index (χ0n) is 11.3. The largest absolute Gasteiger partial charge is 0.351 e. The highest BCUT2D eigenvalue weighted by atomic mass is 19.1. The topological polar surface area (TPSA) is 57.8 Å². The molecule has 1 aromatic heterocycles. The second-order valence-corrected chi connectivity index (χ2v) is 4.69. The van der Waals surface area contributed by atoms with E-state index >= 15 is 0 Å². The average molecular weight is 283 g/mol. The third-order valence-electron chi connectivity index (χ3n) is 3.20. The molecule has 0 atom stereocenters. The van der Waals surface area contributed by atoms with Crippen LogP contribution in [0.25, 0.3) is 11.0 Å². The highest BCUT2D eigenvalue weighted by Gasteiger charge is 2.10. The lowest BCUT2D eigenvalue weighted by molar-refractivity contribution is 0.0950. The van der Waals surface area contributed by atoms with Crippen molar-refractivity contribution in [3.8, 4) is 0 Å². The summed E-state index contributed by atoms with van der Waals surface area (Å²) in [6.45, 7) is 0.396. The van der Waals surface area contributed by atoms with Crippen molar-refractivity contribution in [2.24, 2.45) is 0 Å². The molecule has 2 N–H and O–H groups in total. The van der Waals surface area contributed by atoms with Crippen molar-refractivity contribution in [2.45, 2.75) is 6.42 Å². The Morgan fingerprint density at radius 2 is 1.90 bits per heavy atom. The molecule has 21 heavy (non-hydrogen) atoms. The number of aromatic nitrogens is 2. The van der Waals surface area contributed by atoms with Gasteiger partial charge in [-0.05, 0) is 24.3 Å². The Kier molecular flexibility index (Phi) is 3.64. The molecule has 0 bridgehead atoms. The molecular weight excluding hydrogens is 269 g/mol. The first-order valence-corrected chi connectivity index (χ1v) is 6.70. The number of amides is 1. The van der Waals surface area contributed by atoms with Gasteiger partial charge in [-0.3, -0.25) is 4.79 Å². The first kappa shape index (κ1) is 13.3. The van der Waals surface area contributed by atoms with Gasteiger partial charge in [-0.15, -0.1) is 0 Å². The molecule has 0 aliphatic heterocycles. The Bertz CT molecular complexity index is 749. The number of carbonyl (C=O) groups is 1. The minimum Gasteiger partial charge on any atom is -0.351 e. The van der Waals surface area contributed by atoms with Crippen LogP contribution in [0, 0.1) is 5.82 Å². The summed E-state index contributed by atoms with van der Waals surface area (Å²) in [5, 5.41) is 2.69. The van der Waals surface area contributed by atoms with Crippen LogP contribution in [-0.2, 0) is 6.42 Å². The Labute approximate surface area is 121 Å². The monoisotopic (exact) mass is 283 g/mol. The van der Waals surface area contributed by atoms with Crippen molar-refractivity contribution in [1.82, 2.24) is 15.3 Å². The second kappa shape index (κ2) is 5.75. The first-order valence-electron chi connectivity index (χ1n) is 6.70. The number of halogens is 1. The maximum Gasteiger partial charge on any atom is 0.254 e. The number of hydrogen-bond acceptors (Lipinski definition) is 2.